The van der Waals surface area contributed by atoms with Gasteiger partial charge in [0.1, 0.15) is 0 Å². The number of amides is 1. The fourth-order valence-corrected chi connectivity index (χ4v) is 3.53. The van der Waals surface area contributed by atoms with Crippen LogP contribution in [0.1, 0.15) is 50.2 Å². The molecule has 0 aliphatic heterocycles. The maximum absolute atomic E-state index is 12.0. The smallest absolute Gasteiger partial charge is 0.243 e. The van der Waals surface area contributed by atoms with Gasteiger partial charge in [0, 0.05) is 41.5 Å². The van der Waals surface area contributed by atoms with E-state index in [1.54, 1.807) is 12.3 Å². The number of aromatic nitrogens is 1. The average Bonchev–Trinajstić information content (AvgIpc) is 2.77. The van der Waals surface area contributed by atoms with Crippen molar-refractivity contribution in [3.8, 4) is 0 Å². The van der Waals surface area contributed by atoms with Gasteiger partial charge >= 0.3 is 0 Å². The molecule has 4 nitrogen and oxygen atoms in total. The Hall–Kier alpha value is -2.85. The van der Waals surface area contributed by atoms with Crippen LogP contribution >= 0.6 is 11.6 Å². The number of unbranched alkanes of at least 4 members (excludes halogenated alkanes) is 2. The third-order valence-electron chi connectivity index (χ3n) is 5.20. The molecule has 3 aromatic rings. The molecule has 31 heavy (non-hydrogen) atoms. The molecule has 2 N–H and O–H groups in total. The Morgan fingerprint density at radius 3 is 2.58 bits per heavy atom. The third-order valence-corrected chi connectivity index (χ3v) is 5.44. The SMILES string of the molecule is CC(C)c1ccc(/C=C/C(=O)NCCCCCNc2ccnc3cc(Cl)ccc23)cc1. The number of fused-ring (bicyclic) bond motifs is 1. The van der Waals surface area contributed by atoms with Crippen LogP contribution in [0.4, 0.5) is 5.69 Å². The highest BCUT2D eigenvalue weighted by Crippen LogP contribution is 2.24. The number of anilines is 1. The molecule has 1 amide bonds. The molecule has 2 aromatic carbocycles. The van der Waals surface area contributed by atoms with E-state index in [0.717, 1.165) is 48.0 Å². The molecule has 0 fully saturated rings. The van der Waals surface area contributed by atoms with Gasteiger partial charge in [-0.15, -0.1) is 0 Å². The maximum atomic E-state index is 12.0. The van der Waals surface area contributed by atoms with E-state index >= 15 is 0 Å². The van der Waals surface area contributed by atoms with Crippen LogP contribution in [0.5, 0.6) is 0 Å². The van der Waals surface area contributed by atoms with Gasteiger partial charge in [-0.1, -0.05) is 49.7 Å². The number of carbonyl (C=O) groups is 1. The molecular formula is C26H30ClN3O. The van der Waals surface area contributed by atoms with Gasteiger partial charge in [-0.25, -0.2) is 0 Å². The summed E-state index contributed by atoms with van der Waals surface area (Å²) in [6.07, 6.45) is 8.29. The molecule has 0 spiro atoms. The number of benzene rings is 2. The predicted octanol–water partition coefficient (Wildman–Crippen LogP) is 6.42. The fourth-order valence-electron chi connectivity index (χ4n) is 3.36. The van der Waals surface area contributed by atoms with E-state index in [0.29, 0.717) is 17.5 Å². The summed E-state index contributed by atoms with van der Waals surface area (Å²) in [6, 6.07) is 16.1. The van der Waals surface area contributed by atoms with Gasteiger partial charge in [-0.05, 0) is 66.6 Å². The van der Waals surface area contributed by atoms with Crippen molar-refractivity contribution in [3.63, 3.8) is 0 Å². The zero-order chi connectivity index (χ0) is 22.1. The third kappa shape index (κ3) is 7.11. The van der Waals surface area contributed by atoms with E-state index in [2.05, 4.69) is 41.6 Å². The van der Waals surface area contributed by atoms with Crippen molar-refractivity contribution >= 4 is 40.2 Å². The molecule has 0 radical (unpaired) electrons. The van der Waals surface area contributed by atoms with Crippen molar-refractivity contribution < 1.29 is 4.79 Å². The average molecular weight is 436 g/mol. The van der Waals surface area contributed by atoms with Crippen LogP contribution in [0.15, 0.2) is 60.8 Å². The minimum absolute atomic E-state index is 0.0482. The van der Waals surface area contributed by atoms with Crippen molar-refractivity contribution in [2.45, 2.75) is 39.0 Å². The van der Waals surface area contributed by atoms with Gasteiger partial charge in [-0.2, -0.15) is 0 Å². The number of rotatable bonds is 10. The fraction of sp³-hybridized carbons (Fsp3) is 0.308. The lowest BCUT2D eigenvalue weighted by molar-refractivity contribution is -0.116. The number of nitrogens with zero attached hydrogens (tertiary/aromatic N) is 1. The van der Waals surface area contributed by atoms with Crippen LogP contribution in [0.25, 0.3) is 17.0 Å². The zero-order valence-electron chi connectivity index (χ0n) is 18.2. The Morgan fingerprint density at radius 2 is 1.81 bits per heavy atom. The second-order valence-electron chi connectivity index (χ2n) is 7.95. The van der Waals surface area contributed by atoms with E-state index in [1.807, 2.05) is 42.5 Å². The summed E-state index contributed by atoms with van der Waals surface area (Å²) in [6.45, 7) is 5.91. The Balaban J connectivity index is 1.32. The molecule has 0 aliphatic rings. The van der Waals surface area contributed by atoms with Crippen molar-refractivity contribution in [2.75, 3.05) is 18.4 Å². The first-order chi connectivity index (χ1) is 15.0. The molecule has 0 atom stereocenters. The molecule has 0 saturated carbocycles. The number of halogens is 1. The number of hydrogen-bond acceptors (Lipinski definition) is 3. The summed E-state index contributed by atoms with van der Waals surface area (Å²) in [5.41, 5.74) is 4.31. The molecule has 3 rings (SSSR count). The molecule has 162 valence electrons. The summed E-state index contributed by atoms with van der Waals surface area (Å²) < 4.78 is 0. The molecule has 0 bridgehead atoms. The van der Waals surface area contributed by atoms with Gasteiger partial charge in [0.15, 0.2) is 0 Å². The quantitative estimate of drug-likeness (QED) is 0.285. The lowest BCUT2D eigenvalue weighted by Gasteiger charge is -2.09. The highest BCUT2D eigenvalue weighted by atomic mass is 35.5. The molecule has 1 aromatic heterocycles. The minimum atomic E-state index is -0.0482. The topological polar surface area (TPSA) is 54.0 Å². The van der Waals surface area contributed by atoms with Gasteiger partial charge in [0.25, 0.3) is 0 Å². The molecule has 5 heteroatoms. The number of pyridine rings is 1. The van der Waals surface area contributed by atoms with Crippen molar-refractivity contribution in [3.05, 3.63) is 77.0 Å². The van der Waals surface area contributed by atoms with E-state index < -0.39 is 0 Å². The van der Waals surface area contributed by atoms with E-state index in [4.69, 9.17) is 11.6 Å². The Morgan fingerprint density at radius 1 is 1.03 bits per heavy atom. The lowest BCUT2D eigenvalue weighted by atomic mass is 10.0. The Kier molecular flexibility index (Phi) is 8.48. The van der Waals surface area contributed by atoms with Crippen LogP contribution in [-0.2, 0) is 4.79 Å². The normalized spacial score (nSPS) is 11.4. The summed E-state index contributed by atoms with van der Waals surface area (Å²) in [7, 11) is 0. The first kappa shape index (κ1) is 22.8. The van der Waals surface area contributed by atoms with Crippen LogP contribution in [0, 0.1) is 0 Å². The second kappa shape index (κ2) is 11.5. The Bertz CT molecular complexity index is 1030. The number of carbonyl (C=O) groups excluding carboxylic acids is 1. The molecule has 0 unspecified atom stereocenters. The van der Waals surface area contributed by atoms with Gasteiger partial charge in [0.05, 0.1) is 5.52 Å². The molecular weight excluding hydrogens is 406 g/mol. The molecule has 0 aliphatic carbocycles. The zero-order valence-corrected chi connectivity index (χ0v) is 19.0. The largest absolute Gasteiger partial charge is 0.384 e. The van der Waals surface area contributed by atoms with Crippen molar-refractivity contribution in [2.24, 2.45) is 0 Å². The Labute approximate surface area is 189 Å². The summed E-state index contributed by atoms with van der Waals surface area (Å²) >= 11 is 6.04. The molecule has 1 heterocycles. The first-order valence-electron chi connectivity index (χ1n) is 10.9. The van der Waals surface area contributed by atoms with Crippen LogP contribution in [-0.4, -0.2) is 24.0 Å². The van der Waals surface area contributed by atoms with Crippen molar-refractivity contribution in [1.82, 2.24) is 10.3 Å². The van der Waals surface area contributed by atoms with Crippen LogP contribution < -0.4 is 10.6 Å². The van der Waals surface area contributed by atoms with E-state index in [-0.39, 0.29) is 5.91 Å². The minimum Gasteiger partial charge on any atom is -0.384 e. The standard InChI is InChI=1S/C26H30ClN3O/c1-19(2)21-9-6-20(7-10-21)8-13-26(31)30-16-5-3-4-15-28-24-14-17-29-25-18-22(27)11-12-23(24)25/h6-14,17-19H,3-5,15-16H2,1-2H3,(H,28,29)(H,30,31)/b13-8+. The number of hydrogen-bond donors (Lipinski definition) is 2. The monoisotopic (exact) mass is 435 g/mol. The summed E-state index contributed by atoms with van der Waals surface area (Å²) in [5, 5.41) is 8.19. The van der Waals surface area contributed by atoms with Crippen LogP contribution in [0.2, 0.25) is 5.02 Å². The highest BCUT2D eigenvalue weighted by Gasteiger charge is 2.02. The highest BCUT2D eigenvalue weighted by molar-refractivity contribution is 6.31. The maximum Gasteiger partial charge on any atom is 0.243 e. The van der Waals surface area contributed by atoms with E-state index in [1.165, 1.54) is 5.56 Å². The second-order valence-corrected chi connectivity index (χ2v) is 8.39. The van der Waals surface area contributed by atoms with E-state index in [9.17, 15) is 4.79 Å². The summed E-state index contributed by atoms with van der Waals surface area (Å²) in [5.74, 6) is 0.465. The first-order valence-corrected chi connectivity index (χ1v) is 11.2. The summed E-state index contributed by atoms with van der Waals surface area (Å²) in [4.78, 5) is 16.4. The lowest BCUT2D eigenvalue weighted by Crippen LogP contribution is -2.22. The van der Waals surface area contributed by atoms with Crippen molar-refractivity contribution in [1.29, 1.82) is 0 Å². The van der Waals surface area contributed by atoms with Gasteiger partial charge in [0.2, 0.25) is 5.91 Å². The van der Waals surface area contributed by atoms with Gasteiger partial charge < -0.3 is 10.6 Å². The number of nitrogens with one attached hydrogen (secondary N) is 2. The van der Waals surface area contributed by atoms with Crippen LogP contribution in [0.3, 0.4) is 0 Å². The predicted molar refractivity (Wildman–Crippen MR) is 132 cm³/mol. The van der Waals surface area contributed by atoms with Gasteiger partial charge in [-0.3, -0.25) is 9.78 Å². The molecule has 0 saturated heterocycles.